The molecule has 10 heteroatoms. The van der Waals surface area contributed by atoms with Crippen LogP contribution in [-0.4, -0.2) is 47.9 Å². The molecular formula is C19H21N3O6S. The number of nitrogens with zero attached hydrogens (tertiary/aromatic N) is 3. The quantitative estimate of drug-likeness (QED) is 0.542. The summed E-state index contributed by atoms with van der Waals surface area (Å²) in [4.78, 5) is 20.6. The molecule has 0 aliphatic carbocycles. The Balaban J connectivity index is 1.68. The number of aliphatic hydroxyl groups is 1. The van der Waals surface area contributed by atoms with E-state index in [1.54, 1.807) is 18.2 Å². The van der Waals surface area contributed by atoms with Crippen LogP contribution < -0.4 is 10.3 Å². The van der Waals surface area contributed by atoms with E-state index >= 15 is 0 Å². The zero-order valence-corrected chi connectivity index (χ0v) is 16.8. The lowest BCUT2D eigenvalue weighted by molar-refractivity contribution is 0.0989. The van der Waals surface area contributed by atoms with Crippen molar-refractivity contribution in [3.8, 4) is 5.88 Å². The zero-order valence-electron chi connectivity index (χ0n) is 16.0. The molecule has 2 aromatic heterocycles. The van der Waals surface area contributed by atoms with Crippen LogP contribution in [0.1, 0.15) is 12.0 Å². The number of fused-ring (bicyclic) bond motifs is 1. The van der Waals surface area contributed by atoms with Crippen LogP contribution in [0.3, 0.4) is 0 Å². The van der Waals surface area contributed by atoms with Crippen molar-refractivity contribution in [2.75, 3.05) is 13.7 Å². The average molecular weight is 419 g/mol. The summed E-state index contributed by atoms with van der Waals surface area (Å²) in [6.45, 7) is 1.52. The first kappa shape index (κ1) is 20.9. The maximum absolute atomic E-state index is 12.2. The third-order valence-corrected chi connectivity index (χ3v) is 5.58. The van der Waals surface area contributed by atoms with Gasteiger partial charge in [0.1, 0.15) is 5.52 Å². The predicted molar refractivity (Wildman–Crippen MR) is 105 cm³/mol. The minimum Gasteiger partial charge on any atom is -0.480 e. The standard InChI is InChI=1S/C19H21N3O6S/c1-13-3-5-15(6-4-13)29(25,26)28-12-14(23)9-10-22-18(24)8-7-16-19(22)21-17(27-2)11-20-16/h3-8,11,14,23H,9-10,12H2,1-2H3. The van der Waals surface area contributed by atoms with Gasteiger partial charge in [0.2, 0.25) is 5.88 Å². The highest BCUT2D eigenvalue weighted by Crippen LogP contribution is 2.15. The molecule has 2 heterocycles. The van der Waals surface area contributed by atoms with E-state index in [-0.39, 0.29) is 29.3 Å². The Hall–Kier alpha value is -2.82. The Kier molecular flexibility index (Phi) is 6.26. The Bertz CT molecular complexity index is 1160. The van der Waals surface area contributed by atoms with E-state index < -0.39 is 22.8 Å². The molecule has 0 amide bonds. The molecule has 0 aliphatic rings. The monoisotopic (exact) mass is 419 g/mol. The zero-order chi connectivity index (χ0) is 21.0. The van der Waals surface area contributed by atoms with Gasteiger partial charge in [0.25, 0.3) is 15.7 Å². The molecule has 0 saturated carbocycles. The second-order valence-corrected chi connectivity index (χ2v) is 8.05. The number of benzene rings is 1. The highest BCUT2D eigenvalue weighted by molar-refractivity contribution is 7.86. The third kappa shape index (κ3) is 4.97. The van der Waals surface area contributed by atoms with Gasteiger partial charge in [-0.05, 0) is 31.5 Å². The number of rotatable bonds is 8. The van der Waals surface area contributed by atoms with Gasteiger partial charge in [-0.25, -0.2) is 4.98 Å². The fraction of sp³-hybridized carbons (Fsp3) is 0.316. The van der Waals surface area contributed by atoms with Gasteiger partial charge in [0.05, 0.1) is 30.9 Å². The van der Waals surface area contributed by atoms with Crippen LogP contribution in [-0.2, 0) is 20.8 Å². The molecule has 1 atom stereocenters. The van der Waals surface area contributed by atoms with Crippen LogP contribution in [0.15, 0.2) is 52.3 Å². The van der Waals surface area contributed by atoms with Crippen molar-refractivity contribution in [1.82, 2.24) is 14.5 Å². The smallest absolute Gasteiger partial charge is 0.297 e. The van der Waals surface area contributed by atoms with Crippen molar-refractivity contribution in [1.29, 1.82) is 0 Å². The maximum Gasteiger partial charge on any atom is 0.297 e. The second kappa shape index (κ2) is 8.68. The highest BCUT2D eigenvalue weighted by Gasteiger charge is 2.18. The molecule has 9 nitrogen and oxygen atoms in total. The number of hydrogen-bond donors (Lipinski definition) is 1. The molecule has 0 radical (unpaired) electrons. The summed E-state index contributed by atoms with van der Waals surface area (Å²) in [5.74, 6) is 0.255. The molecule has 0 bridgehead atoms. The summed E-state index contributed by atoms with van der Waals surface area (Å²) in [7, 11) is -2.53. The lowest BCUT2D eigenvalue weighted by Gasteiger charge is -2.14. The normalized spacial score (nSPS) is 12.8. The lowest BCUT2D eigenvalue weighted by atomic mass is 10.2. The number of aryl methyl sites for hydroxylation is 2. The Labute approximate surface area is 167 Å². The third-order valence-electron chi connectivity index (χ3n) is 4.29. The van der Waals surface area contributed by atoms with E-state index in [9.17, 15) is 18.3 Å². The van der Waals surface area contributed by atoms with Gasteiger partial charge >= 0.3 is 0 Å². The number of hydrogen-bond acceptors (Lipinski definition) is 8. The molecular weight excluding hydrogens is 398 g/mol. The lowest BCUT2D eigenvalue weighted by Crippen LogP contribution is -2.25. The predicted octanol–water partition coefficient (Wildman–Crippen LogP) is 1.27. The Morgan fingerprint density at radius 3 is 2.59 bits per heavy atom. The Morgan fingerprint density at radius 1 is 1.17 bits per heavy atom. The summed E-state index contributed by atoms with van der Waals surface area (Å²) in [5.41, 5.74) is 1.42. The Morgan fingerprint density at radius 2 is 1.90 bits per heavy atom. The molecule has 3 aromatic rings. The van der Waals surface area contributed by atoms with Gasteiger partial charge in [-0.1, -0.05) is 17.7 Å². The maximum atomic E-state index is 12.2. The van der Waals surface area contributed by atoms with Crippen LogP contribution >= 0.6 is 0 Å². The van der Waals surface area contributed by atoms with E-state index in [0.717, 1.165) is 5.56 Å². The first-order valence-corrected chi connectivity index (χ1v) is 10.3. The molecule has 0 fully saturated rings. The molecule has 1 N–H and O–H groups in total. The van der Waals surface area contributed by atoms with Crippen LogP contribution in [0.25, 0.3) is 11.2 Å². The van der Waals surface area contributed by atoms with Gasteiger partial charge in [-0.15, -0.1) is 0 Å². The van der Waals surface area contributed by atoms with E-state index in [4.69, 9.17) is 8.92 Å². The topological polar surface area (TPSA) is 121 Å². The number of methoxy groups -OCH3 is 1. The summed E-state index contributed by atoms with van der Waals surface area (Å²) < 4.78 is 35.7. The first-order valence-electron chi connectivity index (χ1n) is 8.85. The van der Waals surface area contributed by atoms with Gasteiger partial charge in [-0.3, -0.25) is 13.5 Å². The fourth-order valence-corrected chi connectivity index (χ4v) is 3.59. The van der Waals surface area contributed by atoms with Crippen LogP contribution in [0.5, 0.6) is 5.88 Å². The molecule has 0 spiro atoms. The van der Waals surface area contributed by atoms with Gasteiger partial charge < -0.3 is 9.84 Å². The second-order valence-electron chi connectivity index (χ2n) is 6.44. The number of aliphatic hydroxyl groups excluding tert-OH is 1. The SMILES string of the molecule is COc1cnc2ccc(=O)n(CCC(O)COS(=O)(=O)c3ccc(C)cc3)c2n1. The van der Waals surface area contributed by atoms with E-state index in [1.807, 2.05) is 6.92 Å². The van der Waals surface area contributed by atoms with Crippen molar-refractivity contribution in [2.24, 2.45) is 0 Å². The molecule has 0 aliphatic heterocycles. The molecule has 0 saturated heterocycles. The molecule has 1 aromatic carbocycles. The van der Waals surface area contributed by atoms with Gasteiger partial charge in [0, 0.05) is 12.6 Å². The molecule has 3 rings (SSSR count). The summed E-state index contributed by atoms with van der Waals surface area (Å²) in [6, 6.07) is 9.11. The fourth-order valence-electron chi connectivity index (χ4n) is 2.65. The largest absolute Gasteiger partial charge is 0.480 e. The van der Waals surface area contributed by atoms with Crippen LogP contribution in [0.4, 0.5) is 0 Å². The number of pyridine rings is 1. The van der Waals surface area contributed by atoms with Crippen molar-refractivity contribution in [3.05, 3.63) is 58.5 Å². The minimum atomic E-state index is -3.97. The van der Waals surface area contributed by atoms with Crippen molar-refractivity contribution < 1.29 is 22.4 Å². The summed E-state index contributed by atoms with van der Waals surface area (Å²) in [6.07, 6.45) is 0.424. The average Bonchev–Trinajstić information content (AvgIpc) is 2.71. The van der Waals surface area contributed by atoms with Gasteiger partial charge in [0.15, 0.2) is 5.65 Å². The minimum absolute atomic E-state index is 0.0166. The van der Waals surface area contributed by atoms with E-state index in [0.29, 0.717) is 11.2 Å². The number of ether oxygens (including phenoxy) is 1. The van der Waals surface area contributed by atoms with Crippen molar-refractivity contribution in [2.45, 2.75) is 30.9 Å². The first-order chi connectivity index (χ1) is 13.8. The molecule has 1 unspecified atom stereocenters. The van der Waals surface area contributed by atoms with Crippen molar-refractivity contribution in [3.63, 3.8) is 0 Å². The van der Waals surface area contributed by atoms with Gasteiger partial charge in [-0.2, -0.15) is 13.4 Å². The molecule has 29 heavy (non-hydrogen) atoms. The van der Waals surface area contributed by atoms with Crippen molar-refractivity contribution >= 4 is 21.3 Å². The van der Waals surface area contributed by atoms with E-state index in [2.05, 4.69) is 9.97 Å². The summed E-state index contributed by atoms with van der Waals surface area (Å²) in [5, 5.41) is 10.2. The van der Waals surface area contributed by atoms with Crippen LogP contribution in [0.2, 0.25) is 0 Å². The number of aromatic nitrogens is 3. The summed E-state index contributed by atoms with van der Waals surface area (Å²) >= 11 is 0. The van der Waals surface area contributed by atoms with Crippen LogP contribution in [0, 0.1) is 6.92 Å². The van der Waals surface area contributed by atoms with E-state index in [1.165, 1.54) is 36.1 Å². The molecule has 154 valence electrons. The highest BCUT2D eigenvalue weighted by atomic mass is 32.2.